The molecule has 2 N–H and O–H groups in total. The van der Waals surface area contributed by atoms with Crippen molar-refractivity contribution in [3.8, 4) is 17.2 Å². The van der Waals surface area contributed by atoms with E-state index in [4.69, 9.17) is 9.26 Å². The van der Waals surface area contributed by atoms with Crippen LogP contribution in [0.2, 0.25) is 0 Å². The van der Waals surface area contributed by atoms with Gasteiger partial charge in [0.25, 0.3) is 5.91 Å². The SMILES string of the molecule is COc1ccc2cc(NC(=O)CNC(=O)c3cc(-c4ccccc4)on3)ccc2n1. The zero-order valence-electron chi connectivity index (χ0n) is 16.1. The van der Waals surface area contributed by atoms with Crippen LogP contribution in [-0.2, 0) is 4.79 Å². The van der Waals surface area contributed by atoms with Gasteiger partial charge in [0, 0.05) is 28.8 Å². The Morgan fingerprint density at radius 2 is 1.87 bits per heavy atom. The highest BCUT2D eigenvalue weighted by Crippen LogP contribution is 2.21. The number of hydrogen-bond acceptors (Lipinski definition) is 6. The maximum absolute atomic E-state index is 12.2. The van der Waals surface area contributed by atoms with Crippen LogP contribution in [0.1, 0.15) is 10.5 Å². The van der Waals surface area contributed by atoms with E-state index in [1.807, 2.05) is 36.4 Å². The molecule has 0 spiro atoms. The maximum atomic E-state index is 12.2. The number of ether oxygens (including phenoxy) is 1. The van der Waals surface area contributed by atoms with Crippen molar-refractivity contribution in [3.05, 3.63) is 72.4 Å². The standard InChI is InChI=1S/C22H18N4O4/c1-29-21-10-7-15-11-16(8-9-17(15)25-21)24-20(27)13-23-22(28)18-12-19(30-26-18)14-5-3-2-4-6-14/h2-12H,13H2,1H3,(H,23,28)(H,24,27). The average Bonchev–Trinajstić information content (AvgIpc) is 3.28. The fourth-order valence-electron chi connectivity index (χ4n) is 2.88. The van der Waals surface area contributed by atoms with Crippen LogP contribution in [0.5, 0.6) is 5.88 Å². The first-order valence-electron chi connectivity index (χ1n) is 9.17. The second-order valence-corrected chi connectivity index (χ2v) is 6.43. The van der Waals surface area contributed by atoms with Crippen LogP contribution in [0.15, 0.2) is 71.3 Å². The largest absolute Gasteiger partial charge is 0.481 e. The Morgan fingerprint density at radius 1 is 1.03 bits per heavy atom. The number of methoxy groups -OCH3 is 1. The molecule has 8 nitrogen and oxygen atoms in total. The van der Waals surface area contributed by atoms with Gasteiger partial charge in [-0.15, -0.1) is 0 Å². The topological polar surface area (TPSA) is 106 Å². The number of pyridine rings is 1. The molecule has 0 atom stereocenters. The predicted octanol–water partition coefficient (Wildman–Crippen LogP) is 3.27. The fraction of sp³-hybridized carbons (Fsp3) is 0.0909. The quantitative estimate of drug-likeness (QED) is 0.513. The lowest BCUT2D eigenvalue weighted by Gasteiger charge is -2.07. The number of carbonyl (C=O) groups excluding carboxylic acids is 2. The Balaban J connectivity index is 1.35. The number of fused-ring (bicyclic) bond motifs is 1. The molecule has 0 aliphatic carbocycles. The molecular weight excluding hydrogens is 384 g/mol. The summed E-state index contributed by atoms with van der Waals surface area (Å²) in [5.41, 5.74) is 2.26. The normalized spacial score (nSPS) is 10.6. The van der Waals surface area contributed by atoms with Crippen molar-refractivity contribution in [2.24, 2.45) is 0 Å². The summed E-state index contributed by atoms with van der Waals surface area (Å²) in [6.45, 7) is -0.203. The fourth-order valence-corrected chi connectivity index (χ4v) is 2.88. The zero-order valence-corrected chi connectivity index (χ0v) is 16.1. The molecule has 0 aliphatic heterocycles. The Bertz CT molecular complexity index is 1200. The van der Waals surface area contributed by atoms with E-state index in [-0.39, 0.29) is 18.1 Å². The van der Waals surface area contributed by atoms with Crippen LogP contribution in [0, 0.1) is 0 Å². The van der Waals surface area contributed by atoms with Gasteiger partial charge < -0.3 is 19.9 Å². The van der Waals surface area contributed by atoms with Gasteiger partial charge in [0.2, 0.25) is 11.8 Å². The number of nitrogens with one attached hydrogen (secondary N) is 2. The molecule has 4 rings (SSSR count). The zero-order chi connectivity index (χ0) is 20.9. The average molecular weight is 402 g/mol. The number of carbonyl (C=O) groups is 2. The molecule has 0 bridgehead atoms. The summed E-state index contributed by atoms with van der Waals surface area (Å²) in [5.74, 6) is 0.138. The highest BCUT2D eigenvalue weighted by Gasteiger charge is 2.14. The molecule has 0 radical (unpaired) electrons. The van der Waals surface area contributed by atoms with Crippen LogP contribution in [0.3, 0.4) is 0 Å². The summed E-state index contributed by atoms with van der Waals surface area (Å²) in [5, 5.41) is 9.90. The summed E-state index contributed by atoms with van der Waals surface area (Å²) in [6.07, 6.45) is 0. The third kappa shape index (κ3) is 4.27. The lowest BCUT2D eigenvalue weighted by Crippen LogP contribution is -2.33. The van der Waals surface area contributed by atoms with E-state index in [1.165, 1.54) is 6.07 Å². The van der Waals surface area contributed by atoms with Crippen molar-refractivity contribution in [3.63, 3.8) is 0 Å². The molecular formula is C22H18N4O4. The summed E-state index contributed by atoms with van der Waals surface area (Å²) in [7, 11) is 1.55. The molecule has 2 amide bonds. The minimum atomic E-state index is -0.495. The van der Waals surface area contributed by atoms with Gasteiger partial charge in [-0.05, 0) is 24.3 Å². The van der Waals surface area contributed by atoms with Crippen molar-refractivity contribution >= 4 is 28.4 Å². The number of hydrogen-bond donors (Lipinski definition) is 2. The van der Waals surface area contributed by atoms with E-state index in [9.17, 15) is 9.59 Å². The number of rotatable bonds is 6. The Kier molecular flexibility index (Phi) is 5.38. The summed E-state index contributed by atoms with van der Waals surface area (Å²) < 4.78 is 10.3. The molecule has 150 valence electrons. The highest BCUT2D eigenvalue weighted by atomic mass is 16.5. The van der Waals surface area contributed by atoms with Crippen molar-refractivity contribution in [1.82, 2.24) is 15.5 Å². The summed E-state index contributed by atoms with van der Waals surface area (Å²) in [4.78, 5) is 28.8. The second kappa shape index (κ2) is 8.44. The second-order valence-electron chi connectivity index (χ2n) is 6.43. The van der Waals surface area contributed by atoms with Gasteiger partial charge in [-0.1, -0.05) is 35.5 Å². The van der Waals surface area contributed by atoms with Crippen LogP contribution < -0.4 is 15.4 Å². The smallest absolute Gasteiger partial charge is 0.273 e. The van der Waals surface area contributed by atoms with E-state index >= 15 is 0 Å². The monoisotopic (exact) mass is 402 g/mol. The number of anilines is 1. The Morgan fingerprint density at radius 3 is 2.67 bits per heavy atom. The molecule has 2 aromatic carbocycles. The van der Waals surface area contributed by atoms with Gasteiger partial charge in [0.15, 0.2) is 11.5 Å². The lowest BCUT2D eigenvalue weighted by molar-refractivity contribution is -0.115. The highest BCUT2D eigenvalue weighted by molar-refractivity contribution is 5.99. The van der Waals surface area contributed by atoms with E-state index in [0.29, 0.717) is 17.3 Å². The molecule has 0 fully saturated rings. The van der Waals surface area contributed by atoms with E-state index in [0.717, 1.165) is 16.5 Å². The van der Waals surface area contributed by atoms with Gasteiger partial charge in [-0.25, -0.2) is 4.98 Å². The minimum Gasteiger partial charge on any atom is -0.481 e. The van der Waals surface area contributed by atoms with Crippen LogP contribution in [0.4, 0.5) is 5.69 Å². The lowest BCUT2D eigenvalue weighted by atomic mass is 10.1. The molecule has 30 heavy (non-hydrogen) atoms. The van der Waals surface area contributed by atoms with Crippen LogP contribution in [0.25, 0.3) is 22.2 Å². The molecule has 2 aromatic heterocycles. The minimum absolute atomic E-state index is 0.104. The molecule has 8 heteroatoms. The van der Waals surface area contributed by atoms with Crippen LogP contribution >= 0.6 is 0 Å². The first-order valence-corrected chi connectivity index (χ1v) is 9.17. The van der Waals surface area contributed by atoms with Crippen molar-refractivity contribution < 1.29 is 18.8 Å². The van der Waals surface area contributed by atoms with Gasteiger partial charge in [-0.3, -0.25) is 9.59 Å². The third-order valence-corrected chi connectivity index (χ3v) is 4.37. The molecule has 0 saturated carbocycles. The molecule has 2 heterocycles. The van der Waals surface area contributed by atoms with Gasteiger partial charge in [0.05, 0.1) is 19.2 Å². The third-order valence-electron chi connectivity index (χ3n) is 4.37. The van der Waals surface area contributed by atoms with Crippen molar-refractivity contribution in [1.29, 1.82) is 0 Å². The maximum Gasteiger partial charge on any atom is 0.273 e. The first kappa shape index (κ1) is 19.1. The van der Waals surface area contributed by atoms with E-state index < -0.39 is 5.91 Å². The molecule has 0 saturated heterocycles. The molecule has 0 aliphatic rings. The Hall–Kier alpha value is -4.20. The number of aromatic nitrogens is 2. The summed E-state index contributed by atoms with van der Waals surface area (Å²) in [6, 6.07) is 19.8. The van der Waals surface area contributed by atoms with Gasteiger partial charge in [-0.2, -0.15) is 0 Å². The van der Waals surface area contributed by atoms with Crippen LogP contribution in [-0.4, -0.2) is 35.6 Å². The van der Waals surface area contributed by atoms with Crippen molar-refractivity contribution in [2.75, 3.05) is 19.0 Å². The van der Waals surface area contributed by atoms with Gasteiger partial charge in [0.1, 0.15) is 0 Å². The summed E-state index contributed by atoms with van der Waals surface area (Å²) >= 11 is 0. The molecule has 4 aromatic rings. The first-order chi connectivity index (χ1) is 14.6. The van der Waals surface area contributed by atoms with Gasteiger partial charge >= 0.3 is 0 Å². The number of benzene rings is 2. The molecule has 0 unspecified atom stereocenters. The van der Waals surface area contributed by atoms with E-state index in [1.54, 1.807) is 31.4 Å². The predicted molar refractivity (Wildman–Crippen MR) is 111 cm³/mol. The Labute approximate surface area is 171 Å². The van der Waals surface area contributed by atoms with Crippen molar-refractivity contribution in [2.45, 2.75) is 0 Å². The number of nitrogens with zero attached hydrogens (tertiary/aromatic N) is 2. The number of amides is 2. The van der Waals surface area contributed by atoms with E-state index in [2.05, 4.69) is 20.8 Å².